The van der Waals surface area contributed by atoms with Crippen molar-refractivity contribution in [2.45, 2.75) is 24.0 Å². The van der Waals surface area contributed by atoms with Crippen molar-refractivity contribution in [2.75, 3.05) is 27.2 Å². The van der Waals surface area contributed by atoms with Gasteiger partial charge in [0.1, 0.15) is 0 Å². The molecule has 1 N–H and O–H groups in total. The maximum Gasteiger partial charge on any atom is 0.242 e. The molecule has 1 saturated heterocycles. The van der Waals surface area contributed by atoms with E-state index in [1.807, 2.05) is 6.07 Å². The van der Waals surface area contributed by atoms with E-state index in [1.54, 1.807) is 18.2 Å². The zero-order valence-electron chi connectivity index (χ0n) is 11.3. The van der Waals surface area contributed by atoms with Crippen LogP contribution in [0.15, 0.2) is 29.2 Å². The largest absolute Gasteiger partial charge is 0.392 e. The Kier molecular flexibility index (Phi) is 4.25. The minimum Gasteiger partial charge on any atom is -0.392 e. The lowest BCUT2D eigenvalue weighted by Gasteiger charge is -2.16. The molecule has 1 aliphatic rings. The standard InChI is InChI=1S/C13H20N2O3S/c1-14(2)19(17,18)13-5-3-4-11(8-13)9-15-7-6-12(16)10-15/h3-5,8,12,16H,6-7,9-10H2,1-2H3/t12-/m1/s1. The Morgan fingerprint density at radius 3 is 2.74 bits per heavy atom. The maximum absolute atomic E-state index is 12.0. The van der Waals surface area contributed by atoms with Gasteiger partial charge in [-0.05, 0) is 24.1 Å². The third-order valence-corrected chi connectivity index (χ3v) is 5.14. The quantitative estimate of drug-likeness (QED) is 0.875. The molecule has 0 spiro atoms. The van der Waals surface area contributed by atoms with Crippen LogP contribution in [0.2, 0.25) is 0 Å². The molecule has 1 fully saturated rings. The van der Waals surface area contributed by atoms with E-state index >= 15 is 0 Å². The summed E-state index contributed by atoms with van der Waals surface area (Å²) in [7, 11) is -0.325. The van der Waals surface area contributed by atoms with Gasteiger partial charge in [-0.25, -0.2) is 12.7 Å². The van der Waals surface area contributed by atoms with Gasteiger partial charge < -0.3 is 5.11 Å². The fraction of sp³-hybridized carbons (Fsp3) is 0.538. The van der Waals surface area contributed by atoms with Crippen molar-refractivity contribution in [3.63, 3.8) is 0 Å². The van der Waals surface area contributed by atoms with Crippen molar-refractivity contribution in [1.82, 2.24) is 9.21 Å². The summed E-state index contributed by atoms with van der Waals surface area (Å²) in [6.07, 6.45) is 0.532. The Balaban J connectivity index is 2.16. The maximum atomic E-state index is 12.0. The average molecular weight is 284 g/mol. The van der Waals surface area contributed by atoms with Crippen LogP contribution in [0.4, 0.5) is 0 Å². The highest BCUT2D eigenvalue weighted by Crippen LogP contribution is 2.18. The fourth-order valence-corrected chi connectivity index (χ4v) is 3.20. The highest BCUT2D eigenvalue weighted by molar-refractivity contribution is 7.89. The van der Waals surface area contributed by atoms with Crippen LogP contribution in [-0.2, 0) is 16.6 Å². The number of rotatable bonds is 4. The van der Waals surface area contributed by atoms with Gasteiger partial charge in [0.05, 0.1) is 11.0 Å². The molecular formula is C13H20N2O3S. The number of hydrogen-bond acceptors (Lipinski definition) is 4. The molecule has 0 radical (unpaired) electrons. The number of sulfonamides is 1. The number of β-amino-alcohol motifs (C(OH)–C–C–N with tert-alkyl or cyclic N) is 1. The van der Waals surface area contributed by atoms with Crippen LogP contribution >= 0.6 is 0 Å². The summed E-state index contributed by atoms with van der Waals surface area (Å²) in [4.78, 5) is 2.45. The molecule has 6 heteroatoms. The minimum atomic E-state index is -3.38. The van der Waals surface area contributed by atoms with E-state index in [2.05, 4.69) is 4.90 Å². The van der Waals surface area contributed by atoms with Crippen molar-refractivity contribution >= 4 is 10.0 Å². The average Bonchev–Trinajstić information content (AvgIpc) is 2.75. The first-order chi connectivity index (χ1) is 8.89. The Labute approximate surface area is 114 Å². The molecular weight excluding hydrogens is 264 g/mol. The van der Waals surface area contributed by atoms with E-state index < -0.39 is 10.0 Å². The molecule has 5 nitrogen and oxygen atoms in total. The molecule has 0 unspecified atom stereocenters. The van der Waals surface area contributed by atoms with Gasteiger partial charge >= 0.3 is 0 Å². The van der Waals surface area contributed by atoms with Gasteiger partial charge in [-0.2, -0.15) is 0 Å². The normalized spacial score (nSPS) is 21.2. The Bertz CT molecular complexity index is 543. The molecule has 0 aliphatic carbocycles. The summed E-state index contributed by atoms with van der Waals surface area (Å²) in [5, 5.41) is 9.49. The third kappa shape index (κ3) is 3.33. The first-order valence-electron chi connectivity index (χ1n) is 6.31. The lowest BCUT2D eigenvalue weighted by molar-refractivity contribution is 0.175. The van der Waals surface area contributed by atoms with Gasteiger partial charge in [0, 0.05) is 33.7 Å². The van der Waals surface area contributed by atoms with E-state index in [-0.39, 0.29) is 6.10 Å². The van der Waals surface area contributed by atoms with Gasteiger partial charge in [0.15, 0.2) is 0 Å². The van der Waals surface area contributed by atoms with Crippen LogP contribution in [0.3, 0.4) is 0 Å². The van der Waals surface area contributed by atoms with Crippen LogP contribution in [0.1, 0.15) is 12.0 Å². The number of likely N-dealkylation sites (tertiary alicyclic amines) is 1. The molecule has 0 amide bonds. The van der Waals surface area contributed by atoms with Crippen LogP contribution < -0.4 is 0 Å². The predicted molar refractivity (Wildman–Crippen MR) is 73.2 cm³/mol. The summed E-state index contributed by atoms with van der Waals surface area (Å²) >= 11 is 0. The molecule has 0 aromatic heterocycles. The van der Waals surface area contributed by atoms with E-state index in [9.17, 15) is 13.5 Å². The van der Waals surface area contributed by atoms with Crippen molar-refractivity contribution in [3.8, 4) is 0 Å². The first-order valence-corrected chi connectivity index (χ1v) is 7.75. The number of benzene rings is 1. The van der Waals surface area contributed by atoms with Gasteiger partial charge in [-0.1, -0.05) is 12.1 Å². The topological polar surface area (TPSA) is 60.9 Å². The molecule has 1 aromatic rings. The number of aliphatic hydroxyl groups is 1. The second kappa shape index (κ2) is 5.58. The van der Waals surface area contributed by atoms with Crippen molar-refractivity contribution in [3.05, 3.63) is 29.8 Å². The van der Waals surface area contributed by atoms with Gasteiger partial charge in [-0.15, -0.1) is 0 Å². The monoisotopic (exact) mass is 284 g/mol. The van der Waals surface area contributed by atoms with Crippen LogP contribution in [0.5, 0.6) is 0 Å². The van der Waals surface area contributed by atoms with Gasteiger partial charge in [0.25, 0.3) is 0 Å². The highest BCUT2D eigenvalue weighted by Gasteiger charge is 2.21. The molecule has 106 valence electrons. The van der Waals surface area contributed by atoms with E-state index in [1.165, 1.54) is 18.4 Å². The van der Waals surface area contributed by atoms with Gasteiger partial charge in [-0.3, -0.25) is 4.90 Å². The lowest BCUT2D eigenvalue weighted by atomic mass is 10.2. The minimum absolute atomic E-state index is 0.256. The summed E-state index contributed by atoms with van der Waals surface area (Å²) in [6, 6.07) is 7.00. The van der Waals surface area contributed by atoms with E-state index in [0.717, 1.165) is 18.5 Å². The van der Waals surface area contributed by atoms with Crippen LogP contribution in [-0.4, -0.2) is 56.0 Å². The molecule has 1 aromatic carbocycles. The second-order valence-corrected chi connectivity index (χ2v) is 7.26. The first kappa shape index (κ1) is 14.5. The molecule has 0 bridgehead atoms. The Morgan fingerprint density at radius 2 is 2.16 bits per heavy atom. The molecule has 19 heavy (non-hydrogen) atoms. The highest BCUT2D eigenvalue weighted by atomic mass is 32.2. The molecule has 0 saturated carbocycles. The van der Waals surface area contributed by atoms with E-state index in [4.69, 9.17) is 0 Å². The number of aliphatic hydroxyl groups excluding tert-OH is 1. The molecule has 1 atom stereocenters. The fourth-order valence-electron chi connectivity index (χ4n) is 2.23. The smallest absolute Gasteiger partial charge is 0.242 e. The van der Waals surface area contributed by atoms with Crippen LogP contribution in [0.25, 0.3) is 0 Å². The summed E-state index contributed by atoms with van der Waals surface area (Å²) in [5.41, 5.74) is 0.956. The number of nitrogens with zero attached hydrogens (tertiary/aromatic N) is 2. The van der Waals surface area contributed by atoms with Gasteiger partial charge in [0.2, 0.25) is 10.0 Å². The third-order valence-electron chi connectivity index (χ3n) is 3.33. The zero-order chi connectivity index (χ0) is 14.0. The van der Waals surface area contributed by atoms with Crippen molar-refractivity contribution in [2.24, 2.45) is 0 Å². The summed E-state index contributed by atoms with van der Waals surface area (Å²) in [5.74, 6) is 0. The summed E-state index contributed by atoms with van der Waals surface area (Å²) < 4.78 is 25.3. The van der Waals surface area contributed by atoms with Crippen molar-refractivity contribution in [1.29, 1.82) is 0 Å². The zero-order valence-corrected chi connectivity index (χ0v) is 12.1. The summed E-state index contributed by atoms with van der Waals surface area (Å²) in [6.45, 7) is 2.18. The number of hydrogen-bond donors (Lipinski definition) is 1. The Hall–Kier alpha value is -0.950. The lowest BCUT2D eigenvalue weighted by Crippen LogP contribution is -2.23. The predicted octanol–water partition coefficient (Wildman–Crippen LogP) is 0.503. The van der Waals surface area contributed by atoms with Crippen LogP contribution in [0, 0.1) is 0 Å². The van der Waals surface area contributed by atoms with Crippen molar-refractivity contribution < 1.29 is 13.5 Å². The SMILES string of the molecule is CN(C)S(=O)(=O)c1cccc(CN2CC[C@@H](O)C2)c1. The molecule has 1 heterocycles. The second-order valence-electron chi connectivity index (χ2n) is 5.11. The Morgan fingerprint density at radius 1 is 1.42 bits per heavy atom. The van der Waals surface area contributed by atoms with E-state index in [0.29, 0.717) is 18.0 Å². The molecule has 1 aliphatic heterocycles. The molecule has 2 rings (SSSR count).